The summed E-state index contributed by atoms with van der Waals surface area (Å²) in [5, 5.41) is 6.30. The summed E-state index contributed by atoms with van der Waals surface area (Å²) >= 11 is 0. The average Bonchev–Trinajstić information content (AvgIpc) is 3.15. The topological polar surface area (TPSA) is 63.1 Å². The van der Waals surface area contributed by atoms with Gasteiger partial charge in [-0.1, -0.05) is 0 Å². The van der Waals surface area contributed by atoms with Crippen molar-refractivity contribution in [3.63, 3.8) is 0 Å². The molecule has 20 heavy (non-hydrogen) atoms. The van der Waals surface area contributed by atoms with Gasteiger partial charge >= 0.3 is 0 Å². The van der Waals surface area contributed by atoms with E-state index in [4.69, 9.17) is 0 Å². The van der Waals surface area contributed by atoms with Crippen LogP contribution in [0.25, 0.3) is 0 Å². The lowest BCUT2D eigenvalue weighted by Gasteiger charge is -2.23. The van der Waals surface area contributed by atoms with Crippen LogP contribution in [0.3, 0.4) is 0 Å². The van der Waals surface area contributed by atoms with E-state index in [1.54, 1.807) is 16.8 Å². The molecule has 2 fully saturated rings. The van der Waals surface area contributed by atoms with E-state index in [0.29, 0.717) is 12.2 Å². The Bertz CT molecular complexity index is 573. The number of carbonyl (C=O) groups excluding carboxylic acids is 1. The molecule has 0 radical (unpaired) electrons. The predicted octanol–water partition coefficient (Wildman–Crippen LogP) is 1.20. The summed E-state index contributed by atoms with van der Waals surface area (Å²) in [4.78, 5) is 23.8. The Labute approximate surface area is 118 Å². The summed E-state index contributed by atoms with van der Waals surface area (Å²) in [6.45, 7) is 4.56. The highest BCUT2D eigenvalue weighted by molar-refractivity contribution is 5.95. The highest BCUT2D eigenvalue weighted by atomic mass is 16.2. The molecule has 1 aliphatic heterocycles. The lowest BCUT2D eigenvalue weighted by molar-refractivity contribution is -0.118. The van der Waals surface area contributed by atoms with Gasteiger partial charge in [0.1, 0.15) is 0 Å². The number of nitrogens with zero attached hydrogens (tertiary/aromatic N) is 1. The Morgan fingerprint density at radius 2 is 2.20 bits per heavy atom. The molecule has 0 bridgehead atoms. The highest BCUT2D eigenvalue weighted by Crippen LogP contribution is 2.58. The summed E-state index contributed by atoms with van der Waals surface area (Å²) in [6, 6.07) is 3.19. The lowest BCUT2D eigenvalue weighted by atomic mass is 9.92. The molecule has 1 saturated carbocycles. The molecule has 1 unspecified atom stereocenters. The number of nitrogens with one attached hydrogen (secondary N) is 2. The van der Waals surface area contributed by atoms with E-state index < -0.39 is 0 Å². The fourth-order valence-corrected chi connectivity index (χ4v) is 3.28. The zero-order valence-corrected chi connectivity index (χ0v) is 11.8. The molecule has 2 heterocycles. The van der Waals surface area contributed by atoms with E-state index in [1.807, 2.05) is 6.92 Å². The van der Waals surface area contributed by atoms with E-state index in [1.165, 1.54) is 6.07 Å². The van der Waals surface area contributed by atoms with Gasteiger partial charge in [-0.05, 0) is 50.8 Å². The smallest absolute Gasteiger partial charge is 0.250 e. The normalized spacial score (nSPS) is 23.6. The van der Waals surface area contributed by atoms with Crippen LogP contribution in [0.5, 0.6) is 0 Å². The minimum atomic E-state index is -0.0354. The Morgan fingerprint density at radius 1 is 1.45 bits per heavy atom. The molecule has 1 aliphatic carbocycles. The molecule has 5 heteroatoms. The van der Waals surface area contributed by atoms with E-state index in [0.717, 1.165) is 32.4 Å². The zero-order chi connectivity index (χ0) is 14.2. The van der Waals surface area contributed by atoms with Crippen LogP contribution < -0.4 is 16.2 Å². The van der Waals surface area contributed by atoms with Crippen LogP contribution in [0.1, 0.15) is 26.2 Å². The van der Waals surface area contributed by atoms with Crippen molar-refractivity contribution in [1.29, 1.82) is 0 Å². The van der Waals surface area contributed by atoms with Crippen molar-refractivity contribution in [2.45, 2.75) is 32.7 Å². The van der Waals surface area contributed by atoms with E-state index in [2.05, 4.69) is 10.6 Å². The van der Waals surface area contributed by atoms with Crippen LogP contribution in [0, 0.1) is 11.3 Å². The van der Waals surface area contributed by atoms with Gasteiger partial charge in [0.15, 0.2) is 0 Å². The maximum Gasteiger partial charge on any atom is 0.250 e. The Hall–Kier alpha value is -1.62. The minimum absolute atomic E-state index is 0.0354. The predicted molar refractivity (Wildman–Crippen MR) is 77.6 cm³/mol. The maximum atomic E-state index is 12.3. The summed E-state index contributed by atoms with van der Waals surface area (Å²) < 4.78 is 1.60. The third-order valence-corrected chi connectivity index (χ3v) is 4.70. The molecular formula is C15H21N3O2. The molecule has 108 valence electrons. The van der Waals surface area contributed by atoms with Gasteiger partial charge in [-0.3, -0.25) is 9.59 Å². The Balaban J connectivity index is 1.67. The molecule has 3 rings (SSSR count). The molecule has 1 aromatic rings. The number of carbonyl (C=O) groups is 1. The van der Waals surface area contributed by atoms with Crippen molar-refractivity contribution in [1.82, 2.24) is 9.88 Å². The van der Waals surface area contributed by atoms with Crippen molar-refractivity contribution in [2.24, 2.45) is 11.3 Å². The number of pyridine rings is 1. The van der Waals surface area contributed by atoms with Gasteiger partial charge in [0.05, 0.1) is 5.69 Å². The molecule has 2 aliphatic rings. The average molecular weight is 275 g/mol. The maximum absolute atomic E-state index is 12.3. The monoisotopic (exact) mass is 275 g/mol. The van der Waals surface area contributed by atoms with Crippen LogP contribution in [0.15, 0.2) is 23.1 Å². The van der Waals surface area contributed by atoms with Crippen molar-refractivity contribution in [3.8, 4) is 0 Å². The second-order valence-electron chi connectivity index (χ2n) is 5.90. The SMILES string of the molecule is CCn1cc(NC(=O)C2CC23CCNCC3)ccc1=O. The molecule has 1 amide bonds. The fourth-order valence-electron chi connectivity index (χ4n) is 3.28. The Kier molecular flexibility index (Phi) is 3.38. The number of rotatable bonds is 3. The van der Waals surface area contributed by atoms with Crippen LogP contribution in [-0.4, -0.2) is 23.6 Å². The first-order valence-corrected chi connectivity index (χ1v) is 7.37. The molecule has 0 aromatic carbocycles. The zero-order valence-electron chi connectivity index (χ0n) is 11.8. The second-order valence-corrected chi connectivity index (χ2v) is 5.90. The molecule has 5 nitrogen and oxygen atoms in total. The van der Waals surface area contributed by atoms with Gasteiger partial charge in [-0.25, -0.2) is 0 Å². The molecular weight excluding hydrogens is 254 g/mol. The second kappa shape index (κ2) is 5.05. The number of anilines is 1. The van der Waals surface area contributed by atoms with Crippen LogP contribution in [0.2, 0.25) is 0 Å². The molecule has 1 atom stereocenters. The fraction of sp³-hybridized carbons (Fsp3) is 0.600. The van der Waals surface area contributed by atoms with Crippen LogP contribution in [0.4, 0.5) is 5.69 Å². The van der Waals surface area contributed by atoms with Crippen molar-refractivity contribution in [2.75, 3.05) is 18.4 Å². The largest absolute Gasteiger partial charge is 0.325 e. The summed E-state index contributed by atoms with van der Waals surface area (Å²) in [7, 11) is 0. The Morgan fingerprint density at radius 3 is 2.90 bits per heavy atom. The first-order valence-electron chi connectivity index (χ1n) is 7.37. The summed E-state index contributed by atoms with van der Waals surface area (Å²) in [5.74, 6) is 0.250. The summed E-state index contributed by atoms with van der Waals surface area (Å²) in [6.07, 6.45) is 4.92. The van der Waals surface area contributed by atoms with Gasteiger partial charge in [0, 0.05) is 24.7 Å². The first-order chi connectivity index (χ1) is 9.64. The van der Waals surface area contributed by atoms with Gasteiger partial charge < -0.3 is 15.2 Å². The number of hydrogen-bond donors (Lipinski definition) is 2. The van der Waals surface area contributed by atoms with Gasteiger partial charge in [-0.2, -0.15) is 0 Å². The van der Waals surface area contributed by atoms with E-state index in [-0.39, 0.29) is 22.8 Å². The molecule has 1 saturated heterocycles. The highest BCUT2D eigenvalue weighted by Gasteiger charge is 2.57. The molecule has 1 aromatic heterocycles. The standard InChI is InChI=1S/C15H21N3O2/c1-2-18-10-11(3-4-13(18)19)17-14(20)12-9-15(12)5-7-16-8-6-15/h3-4,10,12,16H,2,5-9H2,1H3,(H,17,20). The van der Waals surface area contributed by atoms with Gasteiger partial charge in [-0.15, -0.1) is 0 Å². The van der Waals surface area contributed by atoms with Crippen LogP contribution >= 0.6 is 0 Å². The summed E-state index contributed by atoms with van der Waals surface area (Å²) in [5.41, 5.74) is 0.924. The number of aromatic nitrogens is 1. The van der Waals surface area contributed by atoms with Crippen LogP contribution in [-0.2, 0) is 11.3 Å². The van der Waals surface area contributed by atoms with Crippen molar-refractivity contribution < 1.29 is 4.79 Å². The van der Waals surface area contributed by atoms with E-state index in [9.17, 15) is 9.59 Å². The number of piperidine rings is 1. The number of aryl methyl sites for hydroxylation is 1. The number of amides is 1. The first kappa shape index (κ1) is 13.4. The third kappa shape index (κ3) is 2.38. The van der Waals surface area contributed by atoms with E-state index >= 15 is 0 Å². The lowest BCUT2D eigenvalue weighted by Crippen LogP contribution is -2.31. The van der Waals surface area contributed by atoms with Gasteiger partial charge in [0.2, 0.25) is 5.91 Å². The van der Waals surface area contributed by atoms with Gasteiger partial charge in [0.25, 0.3) is 5.56 Å². The quantitative estimate of drug-likeness (QED) is 0.871. The molecule has 1 spiro atoms. The minimum Gasteiger partial charge on any atom is -0.325 e. The molecule has 2 N–H and O–H groups in total. The number of hydrogen-bond acceptors (Lipinski definition) is 3. The van der Waals surface area contributed by atoms with Crippen molar-refractivity contribution >= 4 is 11.6 Å². The van der Waals surface area contributed by atoms with Crippen molar-refractivity contribution in [3.05, 3.63) is 28.7 Å². The third-order valence-electron chi connectivity index (χ3n) is 4.70.